The topological polar surface area (TPSA) is 57.4 Å². The fourth-order valence-corrected chi connectivity index (χ4v) is 4.82. The molecule has 1 heterocycles. The summed E-state index contributed by atoms with van der Waals surface area (Å²) in [5, 5.41) is 5.07. The molecule has 31 heavy (non-hydrogen) atoms. The molecule has 6 heteroatoms. The first-order valence-corrected chi connectivity index (χ1v) is 11.2. The van der Waals surface area contributed by atoms with Gasteiger partial charge in [-0.1, -0.05) is 24.5 Å². The first-order chi connectivity index (χ1) is 14.9. The summed E-state index contributed by atoms with van der Waals surface area (Å²) in [6.45, 7) is 4.60. The van der Waals surface area contributed by atoms with Gasteiger partial charge in [-0.25, -0.2) is 0 Å². The van der Waals surface area contributed by atoms with E-state index >= 15 is 0 Å². The van der Waals surface area contributed by atoms with Crippen molar-refractivity contribution in [2.75, 3.05) is 12.4 Å². The summed E-state index contributed by atoms with van der Waals surface area (Å²) in [5.41, 5.74) is 4.78. The van der Waals surface area contributed by atoms with Gasteiger partial charge in [0.1, 0.15) is 5.75 Å². The van der Waals surface area contributed by atoms with Crippen LogP contribution >= 0.6 is 12.2 Å². The number of hydrogen-bond acceptors (Lipinski definition) is 3. The van der Waals surface area contributed by atoms with Gasteiger partial charge in [-0.15, -0.1) is 0 Å². The molecule has 0 saturated heterocycles. The predicted molar refractivity (Wildman–Crippen MR) is 131 cm³/mol. The molecule has 1 aromatic heterocycles. The van der Waals surface area contributed by atoms with E-state index in [-0.39, 0.29) is 5.56 Å². The number of ether oxygens (including phenoxy) is 1. The van der Waals surface area contributed by atoms with Gasteiger partial charge in [0.2, 0.25) is 0 Å². The van der Waals surface area contributed by atoms with Crippen molar-refractivity contribution in [3.8, 4) is 5.75 Å². The number of anilines is 1. The van der Waals surface area contributed by atoms with Crippen LogP contribution in [-0.2, 0) is 6.54 Å². The third kappa shape index (κ3) is 4.74. The highest BCUT2D eigenvalue weighted by molar-refractivity contribution is 7.80. The summed E-state index contributed by atoms with van der Waals surface area (Å²) < 4.78 is 5.24. The molecule has 0 amide bonds. The Bertz CT molecular complexity index is 1150. The van der Waals surface area contributed by atoms with Gasteiger partial charge in [-0.2, -0.15) is 0 Å². The number of aromatic nitrogens is 1. The Kier molecular flexibility index (Phi) is 6.28. The van der Waals surface area contributed by atoms with Crippen LogP contribution in [0.1, 0.15) is 42.4 Å². The molecule has 0 radical (unpaired) electrons. The molecule has 1 aliphatic rings. The zero-order valence-corrected chi connectivity index (χ0v) is 19.1. The number of rotatable bonds is 5. The molecule has 1 fully saturated rings. The maximum atomic E-state index is 12.9. The summed E-state index contributed by atoms with van der Waals surface area (Å²) in [5.74, 6) is 0.803. The molecule has 0 bridgehead atoms. The molecule has 0 aliphatic heterocycles. The maximum Gasteiger partial charge on any atom is 0.253 e. The summed E-state index contributed by atoms with van der Waals surface area (Å²) in [7, 11) is 1.65. The second-order valence-corrected chi connectivity index (χ2v) is 8.78. The van der Waals surface area contributed by atoms with Crippen molar-refractivity contribution in [3.63, 3.8) is 0 Å². The van der Waals surface area contributed by atoms with E-state index in [9.17, 15) is 4.79 Å². The number of pyridine rings is 1. The highest BCUT2D eigenvalue weighted by Crippen LogP contribution is 2.27. The van der Waals surface area contributed by atoms with Gasteiger partial charge in [0.05, 0.1) is 19.2 Å². The fourth-order valence-electron chi connectivity index (χ4n) is 4.49. The molecular weight excluding hydrogens is 406 g/mol. The molecular formula is C25H29N3O2S. The van der Waals surface area contributed by atoms with Crippen molar-refractivity contribution in [1.29, 1.82) is 0 Å². The summed E-state index contributed by atoms with van der Waals surface area (Å²) >= 11 is 5.81. The Balaban J connectivity index is 1.63. The number of aryl methyl sites for hydroxylation is 2. The zero-order chi connectivity index (χ0) is 22.0. The van der Waals surface area contributed by atoms with Crippen molar-refractivity contribution < 1.29 is 4.74 Å². The van der Waals surface area contributed by atoms with Gasteiger partial charge < -0.3 is 19.9 Å². The molecule has 2 aromatic carbocycles. The Morgan fingerprint density at radius 2 is 1.87 bits per heavy atom. The summed E-state index contributed by atoms with van der Waals surface area (Å²) in [6.07, 6.45) is 4.57. The molecule has 162 valence electrons. The molecule has 1 aliphatic carbocycles. The number of thiocarbonyl (C=S) groups is 1. The number of H-pyrrole nitrogens is 1. The first kappa shape index (κ1) is 21.4. The highest BCUT2D eigenvalue weighted by atomic mass is 32.1. The van der Waals surface area contributed by atoms with E-state index in [0.717, 1.165) is 46.3 Å². The third-order valence-electron chi connectivity index (χ3n) is 6.08. The van der Waals surface area contributed by atoms with Crippen molar-refractivity contribution in [3.05, 3.63) is 69.5 Å². The molecule has 0 atom stereocenters. The van der Waals surface area contributed by atoms with Crippen LogP contribution in [0, 0.1) is 13.8 Å². The maximum absolute atomic E-state index is 12.9. The third-order valence-corrected chi connectivity index (χ3v) is 6.42. The first-order valence-electron chi connectivity index (χ1n) is 10.8. The van der Waals surface area contributed by atoms with Gasteiger partial charge in [-0.05, 0) is 86.3 Å². The minimum absolute atomic E-state index is 0.0466. The minimum atomic E-state index is -0.0466. The number of benzene rings is 2. The number of hydrogen-bond donors (Lipinski definition) is 2. The molecule has 2 N–H and O–H groups in total. The average Bonchev–Trinajstić information content (AvgIpc) is 3.27. The normalized spacial score (nSPS) is 14.0. The number of nitrogens with zero attached hydrogens (tertiary/aromatic N) is 1. The lowest BCUT2D eigenvalue weighted by atomic mass is 10.0. The van der Waals surface area contributed by atoms with Gasteiger partial charge in [0, 0.05) is 17.3 Å². The smallest absolute Gasteiger partial charge is 0.253 e. The number of fused-ring (bicyclic) bond motifs is 1. The Labute approximate surface area is 188 Å². The lowest BCUT2D eigenvalue weighted by Crippen LogP contribution is -2.42. The second-order valence-electron chi connectivity index (χ2n) is 8.39. The van der Waals surface area contributed by atoms with E-state index in [1.54, 1.807) is 7.11 Å². The SMILES string of the molecule is COc1ccc(NC(=S)N(Cc2cc3cc(C)cc(C)c3[nH]c2=O)C2CCCC2)cc1. The van der Waals surface area contributed by atoms with Crippen LogP contribution in [0.2, 0.25) is 0 Å². The van der Waals surface area contributed by atoms with Crippen LogP contribution in [0.5, 0.6) is 5.75 Å². The molecule has 5 nitrogen and oxygen atoms in total. The molecule has 3 aromatic rings. The quantitative estimate of drug-likeness (QED) is 0.533. The molecule has 0 unspecified atom stereocenters. The van der Waals surface area contributed by atoms with Crippen molar-refractivity contribution in [2.45, 2.75) is 52.1 Å². The van der Waals surface area contributed by atoms with Crippen LogP contribution in [0.4, 0.5) is 5.69 Å². The Morgan fingerprint density at radius 3 is 2.55 bits per heavy atom. The van der Waals surface area contributed by atoms with Crippen LogP contribution in [0.15, 0.2) is 47.3 Å². The van der Waals surface area contributed by atoms with E-state index in [0.29, 0.717) is 17.7 Å². The second kappa shape index (κ2) is 9.10. The van der Waals surface area contributed by atoms with Crippen molar-refractivity contribution in [1.82, 2.24) is 9.88 Å². The van der Waals surface area contributed by atoms with Crippen molar-refractivity contribution >= 4 is 33.9 Å². The standard InChI is InChI=1S/C25H29N3O2S/c1-16-12-17(2)23-18(13-16)14-19(24(29)27-23)15-28(21-6-4-5-7-21)25(31)26-20-8-10-22(30-3)11-9-20/h8-14,21H,4-7,15H2,1-3H3,(H,26,31)(H,27,29). The van der Waals surface area contributed by atoms with E-state index in [4.69, 9.17) is 17.0 Å². The van der Waals surface area contributed by atoms with Crippen LogP contribution < -0.4 is 15.6 Å². The Morgan fingerprint density at radius 1 is 1.16 bits per heavy atom. The van der Waals surface area contributed by atoms with E-state index in [1.807, 2.05) is 37.3 Å². The lowest BCUT2D eigenvalue weighted by Gasteiger charge is -2.31. The number of methoxy groups -OCH3 is 1. The van der Waals surface area contributed by atoms with Gasteiger partial charge in [0.25, 0.3) is 5.56 Å². The molecule has 4 rings (SSSR count). The van der Waals surface area contributed by atoms with Gasteiger partial charge in [-0.3, -0.25) is 4.79 Å². The van der Waals surface area contributed by atoms with E-state index < -0.39 is 0 Å². The highest BCUT2D eigenvalue weighted by Gasteiger charge is 2.26. The van der Waals surface area contributed by atoms with E-state index in [1.165, 1.54) is 18.4 Å². The summed E-state index contributed by atoms with van der Waals surface area (Å²) in [6, 6.07) is 14.3. The van der Waals surface area contributed by atoms with Gasteiger partial charge >= 0.3 is 0 Å². The Hall–Kier alpha value is -2.86. The van der Waals surface area contributed by atoms with Crippen LogP contribution in [0.25, 0.3) is 10.9 Å². The monoisotopic (exact) mass is 435 g/mol. The predicted octanol–water partition coefficient (Wildman–Crippen LogP) is 5.30. The van der Waals surface area contributed by atoms with E-state index in [2.05, 4.69) is 34.3 Å². The van der Waals surface area contributed by atoms with Gasteiger partial charge in [0.15, 0.2) is 5.11 Å². The van der Waals surface area contributed by atoms with Crippen LogP contribution in [0.3, 0.4) is 0 Å². The number of nitrogens with one attached hydrogen (secondary N) is 2. The number of aromatic amines is 1. The summed E-state index contributed by atoms with van der Waals surface area (Å²) in [4.78, 5) is 18.2. The largest absolute Gasteiger partial charge is 0.497 e. The molecule has 0 spiro atoms. The average molecular weight is 436 g/mol. The zero-order valence-electron chi connectivity index (χ0n) is 18.3. The fraction of sp³-hybridized carbons (Fsp3) is 0.360. The lowest BCUT2D eigenvalue weighted by molar-refractivity contribution is 0.311. The van der Waals surface area contributed by atoms with Crippen molar-refractivity contribution in [2.24, 2.45) is 0 Å². The minimum Gasteiger partial charge on any atom is -0.497 e. The van der Waals surface area contributed by atoms with Crippen LogP contribution in [-0.4, -0.2) is 28.1 Å². The molecule has 1 saturated carbocycles.